The Hall–Kier alpha value is -4.14. The number of aliphatic hydroxyl groups excluding tert-OH is 1. The largest absolute Gasteiger partial charge is 0.471 e. The minimum Gasteiger partial charge on any atom is -0.455 e. The zero-order valence-corrected chi connectivity index (χ0v) is 23.7. The molecule has 3 aromatic carbocycles. The number of nitrogens with one attached hydrogen (secondary N) is 3. The molecule has 1 heterocycles. The van der Waals surface area contributed by atoms with Crippen LogP contribution in [0.3, 0.4) is 0 Å². The van der Waals surface area contributed by atoms with Gasteiger partial charge in [0.15, 0.2) is 5.75 Å². The van der Waals surface area contributed by atoms with E-state index in [-0.39, 0.29) is 33.7 Å². The second kappa shape index (κ2) is 13.9. The number of anilines is 2. The molecule has 0 unspecified atom stereocenters. The quantitative estimate of drug-likeness (QED) is 0.257. The highest BCUT2D eigenvalue weighted by Gasteiger charge is 2.47. The molecule has 10 nitrogen and oxygen atoms in total. The topological polar surface area (TPSA) is 137 Å². The number of carbonyl (C=O) groups is 2. The minimum absolute atomic E-state index is 0.0940. The molecule has 1 fully saturated rings. The van der Waals surface area contributed by atoms with Gasteiger partial charge in [-0.3, -0.25) is 19.2 Å². The molecule has 0 radical (unpaired) electrons. The highest BCUT2D eigenvalue weighted by atomic mass is 32.2. The van der Waals surface area contributed by atoms with Crippen LogP contribution < -0.4 is 25.0 Å². The molecule has 43 heavy (non-hydrogen) atoms. The van der Waals surface area contributed by atoms with Crippen LogP contribution in [-0.4, -0.2) is 63.8 Å². The number of para-hydroxylation sites is 3. The highest BCUT2D eigenvalue weighted by molar-refractivity contribution is 7.92. The fourth-order valence-electron chi connectivity index (χ4n) is 4.55. The maximum Gasteiger partial charge on any atom is 0.471 e. The molecule has 0 spiro atoms. The molecule has 0 saturated carbocycles. The van der Waals surface area contributed by atoms with Gasteiger partial charge in [-0.05, 0) is 80.4 Å². The smallest absolute Gasteiger partial charge is 0.455 e. The number of alkyl halides is 3. The number of aliphatic hydroxyl groups is 1. The fourth-order valence-corrected chi connectivity index (χ4v) is 5.62. The Morgan fingerprint density at radius 1 is 0.977 bits per heavy atom. The summed E-state index contributed by atoms with van der Waals surface area (Å²) in [5, 5.41) is 15.6. The number of piperidine rings is 1. The van der Waals surface area contributed by atoms with Crippen molar-refractivity contribution in [3.05, 3.63) is 78.9 Å². The molecule has 1 aliphatic rings. The van der Waals surface area contributed by atoms with Crippen molar-refractivity contribution in [1.29, 1.82) is 0 Å². The lowest BCUT2D eigenvalue weighted by atomic mass is 9.98. The summed E-state index contributed by atoms with van der Waals surface area (Å²) in [5.74, 6) is -2.59. The van der Waals surface area contributed by atoms with Gasteiger partial charge >= 0.3 is 12.1 Å². The molecule has 3 aromatic rings. The number of carbonyl (C=O) groups excluding carboxylic acids is 2. The highest BCUT2D eigenvalue weighted by Crippen LogP contribution is 2.32. The summed E-state index contributed by atoms with van der Waals surface area (Å²) in [6, 6.07) is 16.9. The van der Waals surface area contributed by atoms with Gasteiger partial charge < -0.3 is 20.5 Å². The number of benzene rings is 3. The first-order valence-corrected chi connectivity index (χ1v) is 14.9. The fraction of sp³-hybridized carbons (Fsp3) is 0.310. The summed E-state index contributed by atoms with van der Waals surface area (Å²) in [4.78, 5) is 25.1. The van der Waals surface area contributed by atoms with Crippen LogP contribution in [0.1, 0.15) is 12.8 Å². The molecule has 230 valence electrons. The Labute approximate surface area is 246 Å². The number of ether oxygens (including phenoxy) is 1. The average molecular weight is 621 g/mol. The zero-order valence-electron chi connectivity index (χ0n) is 22.9. The number of nitrogens with zero attached hydrogens (tertiary/aromatic N) is 1. The van der Waals surface area contributed by atoms with Crippen LogP contribution in [0.15, 0.2) is 83.8 Å². The third kappa shape index (κ3) is 8.24. The number of hydrogen-bond donors (Lipinski definition) is 4. The van der Waals surface area contributed by atoms with E-state index >= 15 is 0 Å². The molecule has 14 heteroatoms. The second-order valence-electron chi connectivity index (χ2n) is 9.82. The molecule has 1 aliphatic heterocycles. The van der Waals surface area contributed by atoms with Crippen LogP contribution >= 0.6 is 0 Å². The molecule has 0 bridgehead atoms. The van der Waals surface area contributed by atoms with E-state index in [0.717, 1.165) is 50.2 Å². The first-order valence-electron chi connectivity index (χ1n) is 13.4. The second-order valence-corrected chi connectivity index (χ2v) is 11.5. The number of rotatable bonds is 11. The molecular formula is C29H31F3N4O6S. The molecule has 4 rings (SSSR count). The predicted molar refractivity (Wildman–Crippen MR) is 153 cm³/mol. The van der Waals surface area contributed by atoms with Crippen molar-refractivity contribution in [2.24, 2.45) is 5.92 Å². The number of amides is 2. The molecular weight excluding hydrogens is 589 g/mol. The Morgan fingerprint density at radius 2 is 1.60 bits per heavy atom. The maximum atomic E-state index is 13.6. The van der Waals surface area contributed by atoms with Crippen molar-refractivity contribution >= 4 is 33.2 Å². The van der Waals surface area contributed by atoms with Gasteiger partial charge in [0.05, 0.1) is 17.2 Å². The van der Waals surface area contributed by atoms with Gasteiger partial charge in [-0.2, -0.15) is 13.2 Å². The van der Waals surface area contributed by atoms with Gasteiger partial charge in [0.25, 0.3) is 10.0 Å². The van der Waals surface area contributed by atoms with E-state index in [2.05, 4.69) is 15.4 Å². The van der Waals surface area contributed by atoms with Crippen molar-refractivity contribution in [1.82, 2.24) is 10.6 Å². The van der Waals surface area contributed by atoms with Gasteiger partial charge in [-0.1, -0.05) is 30.3 Å². The van der Waals surface area contributed by atoms with Crippen molar-refractivity contribution in [2.75, 3.05) is 35.9 Å². The first kappa shape index (κ1) is 31.8. The van der Waals surface area contributed by atoms with Gasteiger partial charge in [-0.15, -0.1) is 0 Å². The van der Waals surface area contributed by atoms with E-state index in [1.54, 1.807) is 48.5 Å². The van der Waals surface area contributed by atoms with Crippen LogP contribution in [0.25, 0.3) is 0 Å². The Balaban J connectivity index is 1.56. The van der Waals surface area contributed by atoms with Crippen LogP contribution in [0.2, 0.25) is 0 Å². The van der Waals surface area contributed by atoms with E-state index in [0.29, 0.717) is 5.75 Å². The summed E-state index contributed by atoms with van der Waals surface area (Å²) in [5.41, 5.74) is -0.319. The van der Waals surface area contributed by atoms with Crippen LogP contribution in [0.5, 0.6) is 11.5 Å². The minimum atomic E-state index is -5.38. The molecule has 0 aromatic heterocycles. The maximum absolute atomic E-state index is 13.6. The molecule has 1 atom stereocenters. The third-order valence-corrected chi connectivity index (χ3v) is 8.18. The van der Waals surface area contributed by atoms with Crippen molar-refractivity contribution in [3.8, 4) is 11.5 Å². The first-order chi connectivity index (χ1) is 20.5. The summed E-state index contributed by atoms with van der Waals surface area (Å²) in [7, 11) is -4.27. The van der Waals surface area contributed by atoms with Crippen molar-refractivity contribution in [3.63, 3.8) is 0 Å². The van der Waals surface area contributed by atoms with Gasteiger partial charge in [0, 0.05) is 12.2 Å². The van der Waals surface area contributed by atoms with Gasteiger partial charge in [0.2, 0.25) is 5.91 Å². The third-order valence-electron chi connectivity index (χ3n) is 6.80. The zero-order chi connectivity index (χ0) is 31.0. The summed E-state index contributed by atoms with van der Waals surface area (Å²) < 4.78 is 75.3. The molecule has 1 saturated heterocycles. The Bertz CT molecular complexity index is 1500. The SMILES string of the molecule is O=C(NCC1CCNCC1)[C@H](CO)N(C(=O)C(F)(F)F)c1ccc(S(=O)(=O)Nc2ccccc2Oc2ccccc2)cc1. The number of hydrogen-bond acceptors (Lipinski definition) is 7. The Kier molecular flexibility index (Phi) is 10.3. The monoisotopic (exact) mass is 620 g/mol. The number of sulfonamides is 1. The van der Waals surface area contributed by atoms with Crippen LogP contribution in [0.4, 0.5) is 24.5 Å². The Morgan fingerprint density at radius 3 is 2.23 bits per heavy atom. The lowest BCUT2D eigenvalue weighted by Gasteiger charge is -2.31. The van der Waals surface area contributed by atoms with E-state index in [1.807, 2.05) is 0 Å². The van der Waals surface area contributed by atoms with Gasteiger partial charge in [0.1, 0.15) is 11.8 Å². The summed E-state index contributed by atoms with van der Waals surface area (Å²) in [6.45, 7) is 0.542. The summed E-state index contributed by atoms with van der Waals surface area (Å²) >= 11 is 0. The van der Waals surface area contributed by atoms with Crippen LogP contribution in [0, 0.1) is 5.92 Å². The van der Waals surface area contributed by atoms with E-state index in [1.165, 1.54) is 6.07 Å². The lowest BCUT2D eigenvalue weighted by molar-refractivity contribution is -0.171. The van der Waals surface area contributed by atoms with Crippen LogP contribution in [-0.2, 0) is 19.6 Å². The van der Waals surface area contributed by atoms with E-state index in [9.17, 15) is 36.3 Å². The van der Waals surface area contributed by atoms with Crippen molar-refractivity contribution < 1.29 is 41.0 Å². The summed E-state index contributed by atoms with van der Waals surface area (Å²) in [6.07, 6.45) is -3.87. The molecule has 0 aliphatic carbocycles. The number of halogens is 3. The lowest BCUT2D eigenvalue weighted by Crippen LogP contribution is -2.56. The van der Waals surface area contributed by atoms with Crippen molar-refractivity contribution in [2.45, 2.75) is 30.0 Å². The normalized spacial score (nSPS) is 14.9. The van der Waals surface area contributed by atoms with Gasteiger partial charge in [-0.25, -0.2) is 8.42 Å². The predicted octanol–water partition coefficient (Wildman–Crippen LogP) is 3.65. The van der Waals surface area contributed by atoms with E-state index in [4.69, 9.17) is 4.74 Å². The standard InChI is InChI=1S/C29H31F3N4O6S/c30-29(31,32)28(39)36(25(19-37)27(38)34-18-20-14-16-33-17-15-20)21-10-12-23(13-11-21)43(40,41)35-24-8-4-5-9-26(24)42-22-6-2-1-3-7-22/h1-13,20,25,33,35,37H,14-19H2,(H,34,38)/t25-/m0/s1. The molecule has 2 amide bonds. The molecule has 4 N–H and O–H groups in total. The van der Waals surface area contributed by atoms with E-state index < -0.39 is 46.4 Å². The average Bonchev–Trinajstić information content (AvgIpc) is 3.00.